The van der Waals surface area contributed by atoms with Crippen LogP contribution < -0.4 is 9.64 Å². The number of morpholine rings is 1. The lowest BCUT2D eigenvalue weighted by molar-refractivity contribution is -0.140. The monoisotopic (exact) mass is 427 g/mol. The number of likely N-dealkylation sites (N-methyl/N-ethyl adjacent to an activating group) is 1. The van der Waals surface area contributed by atoms with E-state index in [1.54, 1.807) is 7.11 Å². The zero-order chi connectivity index (χ0) is 22.4. The zero-order valence-corrected chi connectivity index (χ0v) is 19.2. The highest BCUT2D eigenvalue weighted by Gasteiger charge is 2.29. The van der Waals surface area contributed by atoms with Crippen molar-refractivity contribution >= 4 is 11.9 Å². The highest BCUT2D eigenvalue weighted by molar-refractivity contribution is 5.78. The predicted octanol–water partition coefficient (Wildman–Crippen LogP) is 2.46. The standard InChI is InChI=1S/C23H33N5O3/c1-6-27(7-2)16-21(29)28-12-13-31-20(15-28)22-19(14-24-23(25-22)26(3)4)17-8-10-18(30-5)11-9-17/h8-11,14,20H,6-7,12-13,15-16H2,1-5H3/t20-/m1/s1. The number of ether oxygens (including phenoxy) is 2. The van der Waals surface area contributed by atoms with Gasteiger partial charge in [-0.3, -0.25) is 9.69 Å². The molecule has 31 heavy (non-hydrogen) atoms. The maximum Gasteiger partial charge on any atom is 0.236 e. The second-order valence-electron chi connectivity index (χ2n) is 7.75. The third-order valence-electron chi connectivity index (χ3n) is 5.58. The van der Waals surface area contributed by atoms with E-state index in [2.05, 4.69) is 23.7 Å². The van der Waals surface area contributed by atoms with Gasteiger partial charge in [-0.25, -0.2) is 9.97 Å². The number of aromatic nitrogens is 2. The molecular weight excluding hydrogens is 394 g/mol. The molecule has 8 heteroatoms. The third-order valence-corrected chi connectivity index (χ3v) is 5.58. The fourth-order valence-electron chi connectivity index (χ4n) is 3.62. The molecule has 0 spiro atoms. The van der Waals surface area contributed by atoms with E-state index >= 15 is 0 Å². The lowest BCUT2D eigenvalue weighted by Crippen LogP contribution is -2.46. The van der Waals surface area contributed by atoms with E-state index in [0.717, 1.165) is 35.7 Å². The maximum atomic E-state index is 12.9. The predicted molar refractivity (Wildman–Crippen MR) is 121 cm³/mol. The molecule has 1 saturated heterocycles. The fourth-order valence-corrected chi connectivity index (χ4v) is 3.62. The Balaban J connectivity index is 1.90. The van der Waals surface area contributed by atoms with E-state index < -0.39 is 0 Å². The minimum absolute atomic E-state index is 0.130. The van der Waals surface area contributed by atoms with Crippen LogP contribution in [0.5, 0.6) is 5.75 Å². The average molecular weight is 428 g/mol. The van der Waals surface area contributed by atoms with Crippen molar-refractivity contribution in [3.8, 4) is 16.9 Å². The first-order valence-corrected chi connectivity index (χ1v) is 10.8. The fraction of sp³-hybridized carbons (Fsp3) is 0.522. The minimum Gasteiger partial charge on any atom is -0.497 e. The van der Waals surface area contributed by atoms with Gasteiger partial charge in [-0.2, -0.15) is 0 Å². The van der Waals surface area contributed by atoms with Crippen LogP contribution in [0, 0.1) is 0 Å². The lowest BCUT2D eigenvalue weighted by atomic mass is 10.0. The second-order valence-corrected chi connectivity index (χ2v) is 7.75. The number of rotatable bonds is 8. The Hall–Kier alpha value is -2.71. The number of carbonyl (C=O) groups is 1. The Kier molecular flexibility index (Phi) is 7.81. The molecule has 1 aromatic carbocycles. The quantitative estimate of drug-likeness (QED) is 0.641. The van der Waals surface area contributed by atoms with Crippen LogP contribution in [-0.4, -0.2) is 86.2 Å². The Morgan fingerprint density at radius 1 is 1.23 bits per heavy atom. The van der Waals surface area contributed by atoms with Gasteiger partial charge >= 0.3 is 0 Å². The molecule has 1 fully saturated rings. The summed E-state index contributed by atoms with van der Waals surface area (Å²) in [5, 5.41) is 0. The molecule has 1 aliphatic rings. The molecule has 0 N–H and O–H groups in total. The molecule has 0 unspecified atom stereocenters. The first-order chi connectivity index (χ1) is 15.0. The first-order valence-electron chi connectivity index (χ1n) is 10.8. The van der Waals surface area contributed by atoms with E-state index in [9.17, 15) is 4.79 Å². The summed E-state index contributed by atoms with van der Waals surface area (Å²) in [5.41, 5.74) is 2.68. The van der Waals surface area contributed by atoms with Gasteiger partial charge in [0.2, 0.25) is 11.9 Å². The molecular formula is C23H33N5O3. The van der Waals surface area contributed by atoms with Crippen molar-refractivity contribution in [2.45, 2.75) is 20.0 Å². The molecule has 0 saturated carbocycles. The summed E-state index contributed by atoms with van der Waals surface area (Å²) in [5.74, 6) is 1.53. The van der Waals surface area contributed by atoms with Crippen LogP contribution >= 0.6 is 0 Å². The molecule has 0 bridgehead atoms. The number of benzene rings is 1. The Labute approximate surface area is 184 Å². The van der Waals surface area contributed by atoms with Gasteiger partial charge in [0.05, 0.1) is 32.5 Å². The number of amides is 1. The molecule has 0 aliphatic carbocycles. The maximum absolute atomic E-state index is 12.9. The number of anilines is 1. The Morgan fingerprint density at radius 2 is 1.94 bits per heavy atom. The molecule has 8 nitrogen and oxygen atoms in total. The van der Waals surface area contributed by atoms with Crippen molar-refractivity contribution in [2.24, 2.45) is 0 Å². The van der Waals surface area contributed by atoms with Gasteiger partial charge in [-0.15, -0.1) is 0 Å². The molecule has 2 heterocycles. The van der Waals surface area contributed by atoms with Gasteiger partial charge in [0, 0.05) is 32.4 Å². The summed E-state index contributed by atoms with van der Waals surface area (Å²) < 4.78 is 11.4. The Morgan fingerprint density at radius 3 is 2.55 bits per heavy atom. The van der Waals surface area contributed by atoms with Crippen LogP contribution in [0.2, 0.25) is 0 Å². The average Bonchev–Trinajstić information content (AvgIpc) is 2.82. The summed E-state index contributed by atoms with van der Waals surface area (Å²) in [6.45, 7) is 7.85. The molecule has 1 aromatic heterocycles. The van der Waals surface area contributed by atoms with Crippen LogP contribution in [0.3, 0.4) is 0 Å². The van der Waals surface area contributed by atoms with E-state index in [1.165, 1.54) is 0 Å². The van der Waals surface area contributed by atoms with Crippen LogP contribution in [0.1, 0.15) is 25.6 Å². The largest absolute Gasteiger partial charge is 0.497 e. The number of nitrogens with zero attached hydrogens (tertiary/aromatic N) is 5. The molecule has 0 radical (unpaired) electrons. The van der Waals surface area contributed by atoms with Crippen LogP contribution in [-0.2, 0) is 9.53 Å². The van der Waals surface area contributed by atoms with E-state index in [1.807, 2.05) is 54.4 Å². The van der Waals surface area contributed by atoms with Crippen molar-refractivity contribution in [3.05, 3.63) is 36.2 Å². The molecule has 3 rings (SSSR count). The number of hydrogen-bond donors (Lipinski definition) is 0. The molecule has 168 valence electrons. The van der Waals surface area contributed by atoms with E-state index in [0.29, 0.717) is 32.2 Å². The zero-order valence-electron chi connectivity index (χ0n) is 19.2. The SMILES string of the molecule is CCN(CC)CC(=O)N1CCO[C@@H](c2nc(N(C)C)ncc2-c2ccc(OC)cc2)C1. The summed E-state index contributed by atoms with van der Waals surface area (Å²) in [6, 6.07) is 7.81. The van der Waals surface area contributed by atoms with E-state index in [-0.39, 0.29) is 12.0 Å². The molecule has 1 aliphatic heterocycles. The van der Waals surface area contributed by atoms with Gasteiger partial charge in [0.15, 0.2) is 0 Å². The lowest BCUT2D eigenvalue weighted by Gasteiger charge is -2.34. The highest BCUT2D eigenvalue weighted by Crippen LogP contribution is 2.32. The van der Waals surface area contributed by atoms with E-state index in [4.69, 9.17) is 14.5 Å². The van der Waals surface area contributed by atoms with Crippen LogP contribution in [0.15, 0.2) is 30.5 Å². The van der Waals surface area contributed by atoms with Crippen molar-refractivity contribution in [2.75, 3.05) is 65.4 Å². The molecule has 1 amide bonds. The molecule has 2 aromatic rings. The summed E-state index contributed by atoms with van der Waals surface area (Å²) >= 11 is 0. The first kappa shape index (κ1) is 23.0. The van der Waals surface area contributed by atoms with Gasteiger partial charge in [0.25, 0.3) is 0 Å². The number of carbonyl (C=O) groups excluding carboxylic acids is 1. The summed E-state index contributed by atoms with van der Waals surface area (Å²) in [4.78, 5) is 28.1. The number of methoxy groups -OCH3 is 1. The summed E-state index contributed by atoms with van der Waals surface area (Å²) in [6.07, 6.45) is 1.52. The second kappa shape index (κ2) is 10.5. The minimum atomic E-state index is -0.312. The van der Waals surface area contributed by atoms with Gasteiger partial charge in [-0.05, 0) is 30.8 Å². The van der Waals surface area contributed by atoms with Crippen molar-refractivity contribution in [3.63, 3.8) is 0 Å². The van der Waals surface area contributed by atoms with Gasteiger partial charge < -0.3 is 19.3 Å². The highest BCUT2D eigenvalue weighted by atomic mass is 16.5. The topological polar surface area (TPSA) is 71.0 Å². The number of hydrogen-bond acceptors (Lipinski definition) is 7. The third kappa shape index (κ3) is 5.51. The van der Waals surface area contributed by atoms with Crippen molar-refractivity contribution < 1.29 is 14.3 Å². The van der Waals surface area contributed by atoms with Crippen molar-refractivity contribution in [1.29, 1.82) is 0 Å². The van der Waals surface area contributed by atoms with Crippen LogP contribution in [0.4, 0.5) is 5.95 Å². The van der Waals surface area contributed by atoms with Crippen LogP contribution in [0.25, 0.3) is 11.1 Å². The summed E-state index contributed by atoms with van der Waals surface area (Å²) in [7, 11) is 5.47. The Bertz CT molecular complexity index is 868. The molecule has 1 atom stereocenters. The van der Waals surface area contributed by atoms with Gasteiger partial charge in [0.1, 0.15) is 11.9 Å². The smallest absolute Gasteiger partial charge is 0.236 e. The van der Waals surface area contributed by atoms with Crippen molar-refractivity contribution in [1.82, 2.24) is 19.8 Å². The van der Waals surface area contributed by atoms with Gasteiger partial charge in [-0.1, -0.05) is 26.0 Å². The normalized spacial score (nSPS) is 16.5.